The van der Waals surface area contributed by atoms with Crippen molar-refractivity contribution in [3.63, 3.8) is 0 Å². The fourth-order valence-corrected chi connectivity index (χ4v) is 1.19. The summed E-state index contributed by atoms with van der Waals surface area (Å²) < 4.78 is 0. The van der Waals surface area contributed by atoms with Gasteiger partial charge in [-0.2, -0.15) is 5.26 Å². The number of rotatable bonds is 4. The largest absolute Gasteiger partial charge is 0.390 e. The van der Waals surface area contributed by atoms with Crippen LogP contribution in [0, 0.1) is 11.3 Å². The lowest BCUT2D eigenvalue weighted by atomic mass is 10.2. The number of likely N-dealkylation sites (tertiary alicyclic amines) is 1. The fourth-order valence-electron chi connectivity index (χ4n) is 1.19. The van der Waals surface area contributed by atoms with E-state index in [1.54, 1.807) is 0 Å². The number of nitriles is 1. The van der Waals surface area contributed by atoms with E-state index in [4.69, 9.17) is 10.4 Å². The number of hydrogen-bond donors (Lipinski definition) is 2. The predicted molar refractivity (Wildman–Crippen MR) is 45.7 cm³/mol. The Hall–Kier alpha value is -1.12. The van der Waals surface area contributed by atoms with E-state index in [2.05, 4.69) is 5.32 Å². The molecule has 0 aliphatic carbocycles. The first-order valence-electron chi connectivity index (χ1n) is 4.26. The summed E-state index contributed by atoms with van der Waals surface area (Å²) in [4.78, 5) is 12.9. The molecule has 72 valence electrons. The number of nitrogens with one attached hydrogen (secondary N) is 1. The van der Waals surface area contributed by atoms with Crippen molar-refractivity contribution in [2.75, 3.05) is 26.2 Å². The van der Waals surface area contributed by atoms with Crippen LogP contribution in [-0.2, 0) is 4.79 Å². The van der Waals surface area contributed by atoms with E-state index in [0.717, 1.165) is 0 Å². The van der Waals surface area contributed by atoms with E-state index in [0.29, 0.717) is 32.6 Å². The first kappa shape index (κ1) is 9.96. The monoisotopic (exact) mass is 183 g/mol. The molecule has 1 heterocycles. The maximum atomic E-state index is 11.1. The maximum absolute atomic E-state index is 11.1. The van der Waals surface area contributed by atoms with E-state index < -0.39 is 0 Å². The molecule has 0 unspecified atom stereocenters. The second kappa shape index (κ2) is 4.80. The maximum Gasteiger partial charge on any atom is 0.234 e. The summed E-state index contributed by atoms with van der Waals surface area (Å²) in [5, 5.41) is 19.8. The van der Waals surface area contributed by atoms with Crippen LogP contribution in [0.3, 0.4) is 0 Å². The van der Waals surface area contributed by atoms with E-state index in [1.165, 1.54) is 0 Å². The number of nitrogens with zero attached hydrogens (tertiary/aromatic N) is 2. The first-order chi connectivity index (χ1) is 6.22. The lowest BCUT2D eigenvalue weighted by Crippen LogP contribution is -2.53. The minimum atomic E-state index is -0.271. The molecule has 0 bridgehead atoms. The van der Waals surface area contributed by atoms with E-state index in [1.807, 2.05) is 11.0 Å². The topological polar surface area (TPSA) is 76.4 Å². The second-order valence-electron chi connectivity index (χ2n) is 3.11. The van der Waals surface area contributed by atoms with Gasteiger partial charge in [0.05, 0.1) is 25.1 Å². The van der Waals surface area contributed by atoms with Crippen molar-refractivity contribution in [3.8, 4) is 6.07 Å². The van der Waals surface area contributed by atoms with Crippen molar-refractivity contribution >= 4 is 5.91 Å². The quantitative estimate of drug-likeness (QED) is 0.531. The SMILES string of the molecule is N#CCCNC(=O)CN1CC(O)C1. The van der Waals surface area contributed by atoms with Crippen molar-refractivity contribution < 1.29 is 9.90 Å². The number of aliphatic hydroxyl groups excluding tert-OH is 1. The van der Waals surface area contributed by atoms with E-state index in [-0.39, 0.29) is 12.0 Å². The third-order valence-corrected chi connectivity index (χ3v) is 1.86. The van der Waals surface area contributed by atoms with Crippen molar-refractivity contribution in [2.45, 2.75) is 12.5 Å². The van der Waals surface area contributed by atoms with E-state index >= 15 is 0 Å². The summed E-state index contributed by atoms with van der Waals surface area (Å²) in [7, 11) is 0. The molecule has 2 N–H and O–H groups in total. The zero-order valence-electron chi connectivity index (χ0n) is 7.36. The van der Waals surface area contributed by atoms with Gasteiger partial charge in [0.2, 0.25) is 5.91 Å². The highest BCUT2D eigenvalue weighted by molar-refractivity contribution is 5.78. The highest BCUT2D eigenvalue weighted by Gasteiger charge is 2.25. The average Bonchev–Trinajstić information content (AvgIpc) is 2.02. The Balaban J connectivity index is 2.02. The Kier molecular flexibility index (Phi) is 3.68. The lowest BCUT2D eigenvalue weighted by Gasteiger charge is -2.34. The van der Waals surface area contributed by atoms with Crippen LogP contribution in [0.25, 0.3) is 0 Å². The molecule has 1 aliphatic heterocycles. The average molecular weight is 183 g/mol. The molecule has 0 aromatic carbocycles. The first-order valence-corrected chi connectivity index (χ1v) is 4.26. The molecule has 0 radical (unpaired) electrons. The van der Waals surface area contributed by atoms with Gasteiger partial charge in [-0.05, 0) is 0 Å². The van der Waals surface area contributed by atoms with Gasteiger partial charge in [0.15, 0.2) is 0 Å². The van der Waals surface area contributed by atoms with Gasteiger partial charge in [0.25, 0.3) is 0 Å². The third-order valence-electron chi connectivity index (χ3n) is 1.86. The number of amides is 1. The standard InChI is InChI=1S/C8H13N3O2/c9-2-1-3-10-8(13)6-11-4-7(12)5-11/h7,12H,1,3-6H2,(H,10,13). The number of hydrogen-bond acceptors (Lipinski definition) is 4. The molecular weight excluding hydrogens is 170 g/mol. The second-order valence-corrected chi connectivity index (χ2v) is 3.11. The highest BCUT2D eigenvalue weighted by Crippen LogP contribution is 2.05. The van der Waals surface area contributed by atoms with Crippen LogP contribution in [0.4, 0.5) is 0 Å². The molecule has 1 amide bonds. The Morgan fingerprint density at radius 3 is 2.92 bits per heavy atom. The highest BCUT2D eigenvalue weighted by atomic mass is 16.3. The Morgan fingerprint density at radius 1 is 1.69 bits per heavy atom. The molecule has 0 spiro atoms. The van der Waals surface area contributed by atoms with Gasteiger partial charge in [-0.25, -0.2) is 0 Å². The predicted octanol–water partition coefficient (Wildman–Crippen LogP) is -1.31. The van der Waals surface area contributed by atoms with Gasteiger partial charge in [0, 0.05) is 19.6 Å². The van der Waals surface area contributed by atoms with Crippen LogP contribution < -0.4 is 5.32 Å². The number of carbonyl (C=O) groups excluding carboxylic acids is 1. The van der Waals surface area contributed by atoms with Crippen LogP contribution in [0.15, 0.2) is 0 Å². The van der Waals surface area contributed by atoms with Gasteiger partial charge in [-0.3, -0.25) is 9.69 Å². The number of aliphatic hydroxyl groups is 1. The van der Waals surface area contributed by atoms with Crippen molar-refractivity contribution in [1.82, 2.24) is 10.2 Å². The minimum Gasteiger partial charge on any atom is -0.390 e. The molecule has 5 nitrogen and oxygen atoms in total. The summed E-state index contributed by atoms with van der Waals surface area (Å²) in [6.45, 7) is 1.88. The molecule has 1 aliphatic rings. The summed E-state index contributed by atoms with van der Waals surface area (Å²) in [5.41, 5.74) is 0. The summed E-state index contributed by atoms with van der Waals surface area (Å²) in [6.07, 6.45) is 0.0703. The Morgan fingerprint density at radius 2 is 2.38 bits per heavy atom. The number of carbonyl (C=O) groups is 1. The number of β-amino-alcohol motifs (C(OH)–C–C–N with tert-alkyl or cyclic N) is 1. The zero-order valence-corrected chi connectivity index (χ0v) is 7.36. The van der Waals surface area contributed by atoms with Gasteiger partial charge >= 0.3 is 0 Å². The van der Waals surface area contributed by atoms with Crippen LogP contribution in [0.5, 0.6) is 0 Å². The van der Waals surface area contributed by atoms with Crippen molar-refractivity contribution in [2.24, 2.45) is 0 Å². The molecular formula is C8H13N3O2. The summed E-state index contributed by atoms with van der Waals surface area (Å²) in [6, 6.07) is 1.94. The van der Waals surface area contributed by atoms with E-state index in [9.17, 15) is 4.79 Å². The molecule has 13 heavy (non-hydrogen) atoms. The molecule has 0 aromatic rings. The third kappa shape index (κ3) is 3.40. The van der Waals surface area contributed by atoms with Gasteiger partial charge in [0.1, 0.15) is 0 Å². The molecule has 1 fully saturated rings. The molecule has 0 atom stereocenters. The van der Waals surface area contributed by atoms with Gasteiger partial charge in [-0.15, -0.1) is 0 Å². The van der Waals surface area contributed by atoms with Crippen molar-refractivity contribution in [3.05, 3.63) is 0 Å². The van der Waals surface area contributed by atoms with Crippen LogP contribution in [0.1, 0.15) is 6.42 Å². The van der Waals surface area contributed by atoms with Crippen LogP contribution in [-0.4, -0.2) is 48.2 Å². The minimum absolute atomic E-state index is 0.0813. The van der Waals surface area contributed by atoms with Crippen LogP contribution in [0.2, 0.25) is 0 Å². The van der Waals surface area contributed by atoms with Gasteiger partial charge in [-0.1, -0.05) is 0 Å². The Bertz CT molecular complexity index is 218. The summed E-state index contributed by atoms with van der Waals surface area (Å²) in [5.74, 6) is -0.0813. The lowest BCUT2D eigenvalue weighted by molar-refractivity contribution is -0.124. The summed E-state index contributed by atoms with van der Waals surface area (Å²) >= 11 is 0. The van der Waals surface area contributed by atoms with Crippen LogP contribution >= 0.6 is 0 Å². The Labute approximate surface area is 76.9 Å². The zero-order chi connectivity index (χ0) is 9.68. The molecule has 0 aromatic heterocycles. The molecule has 1 saturated heterocycles. The fraction of sp³-hybridized carbons (Fsp3) is 0.750. The molecule has 1 rings (SSSR count). The van der Waals surface area contributed by atoms with Crippen molar-refractivity contribution in [1.29, 1.82) is 5.26 Å². The normalized spacial score (nSPS) is 17.5. The molecule has 5 heteroatoms. The van der Waals surface area contributed by atoms with Gasteiger partial charge < -0.3 is 10.4 Å². The molecule has 0 saturated carbocycles. The smallest absolute Gasteiger partial charge is 0.234 e.